The van der Waals surface area contributed by atoms with Crippen molar-refractivity contribution in [3.63, 3.8) is 0 Å². The molecule has 0 bridgehead atoms. The Hall–Kier alpha value is -0.610. The summed E-state index contributed by atoms with van der Waals surface area (Å²) < 4.78 is 0. The van der Waals surface area contributed by atoms with Crippen molar-refractivity contribution in [2.45, 2.75) is 51.0 Å². The minimum Gasteiger partial charge on any atom is -0.359 e. The molecule has 0 aliphatic heterocycles. The highest BCUT2D eigenvalue weighted by Crippen LogP contribution is 2.35. The molecule has 2 unspecified atom stereocenters. The Kier molecular flexibility index (Phi) is 6.80. The van der Waals surface area contributed by atoms with Crippen LogP contribution in [0.1, 0.15) is 45.4 Å². The lowest BCUT2D eigenvalue weighted by Crippen LogP contribution is -2.54. The maximum atomic E-state index is 11.1. The topological polar surface area (TPSA) is 44.4 Å². The lowest BCUT2D eigenvalue weighted by molar-refractivity contribution is -0.120. The summed E-state index contributed by atoms with van der Waals surface area (Å²) in [7, 11) is 6.09. The molecule has 0 radical (unpaired) electrons. The van der Waals surface area contributed by atoms with Crippen molar-refractivity contribution < 1.29 is 4.79 Å². The second-order valence-corrected chi connectivity index (χ2v) is 6.27. The van der Waals surface area contributed by atoms with Gasteiger partial charge >= 0.3 is 0 Å². The summed E-state index contributed by atoms with van der Waals surface area (Å²) >= 11 is 0. The van der Waals surface area contributed by atoms with Gasteiger partial charge in [-0.1, -0.05) is 19.8 Å². The first-order valence-electron chi connectivity index (χ1n) is 7.59. The molecule has 2 atom stereocenters. The zero-order chi connectivity index (χ0) is 14.3. The third-order valence-electron chi connectivity index (χ3n) is 4.51. The molecule has 1 rings (SSSR count). The van der Waals surface area contributed by atoms with Crippen molar-refractivity contribution in [1.29, 1.82) is 0 Å². The van der Waals surface area contributed by atoms with Gasteiger partial charge in [0, 0.05) is 25.6 Å². The van der Waals surface area contributed by atoms with E-state index in [0.717, 1.165) is 25.4 Å². The number of likely N-dealkylation sites (N-methyl/N-ethyl adjacent to an activating group) is 1. The highest BCUT2D eigenvalue weighted by Gasteiger charge is 2.36. The Morgan fingerprint density at radius 3 is 2.74 bits per heavy atom. The van der Waals surface area contributed by atoms with E-state index in [1.165, 1.54) is 25.7 Å². The number of rotatable bonds is 7. The second-order valence-electron chi connectivity index (χ2n) is 6.27. The molecule has 1 amide bonds. The van der Waals surface area contributed by atoms with Gasteiger partial charge in [0.25, 0.3) is 0 Å². The lowest BCUT2D eigenvalue weighted by atomic mass is 9.75. The molecular weight excluding hydrogens is 238 g/mol. The van der Waals surface area contributed by atoms with Crippen molar-refractivity contribution in [2.24, 2.45) is 5.92 Å². The number of amides is 1. The molecule has 1 saturated carbocycles. The largest absolute Gasteiger partial charge is 0.359 e. The van der Waals surface area contributed by atoms with Gasteiger partial charge in [-0.05, 0) is 45.8 Å². The Balaban J connectivity index is 2.32. The first kappa shape index (κ1) is 16.4. The van der Waals surface area contributed by atoms with E-state index in [4.69, 9.17) is 0 Å². The second kappa shape index (κ2) is 7.85. The van der Waals surface area contributed by atoms with E-state index < -0.39 is 0 Å². The summed E-state index contributed by atoms with van der Waals surface area (Å²) in [4.78, 5) is 13.5. The van der Waals surface area contributed by atoms with Crippen molar-refractivity contribution >= 4 is 5.91 Å². The van der Waals surface area contributed by atoms with E-state index >= 15 is 0 Å². The number of hydrogen-bond acceptors (Lipinski definition) is 3. The summed E-state index contributed by atoms with van der Waals surface area (Å²) in [5, 5.41) is 6.22. The minimum atomic E-state index is 0.135. The van der Waals surface area contributed by atoms with Crippen LogP contribution in [0.4, 0.5) is 0 Å². The third kappa shape index (κ3) is 5.11. The Morgan fingerprint density at radius 2 is 2.16 bits per heavy atom. The summed E-state index contributed by atoms with van der Waals surface area (Å²) in [6.45, 7) is 4.33. The molecule has 1 aliphatic rings. The first-order chi connectivity index (χ1) is 9.00. The molecular formula is C15H31N3O. The van der Waals surface area contributed by atoms with Crippen LogP contribution in [0, 0.1) is 5.92 Å². The summed E-state index contributed by atoms with van der Waals surface area (Å²) in [5.74, 6) is 0.958. The Labute approximate surface area is 118 Å². The first-order valence-corrected chi connectivity index (χ1v) is 7.59. The molecule has 0 spiro atoms. The van der Waals surface area contributed by atoms with E-state index in [2.05, 4.69) is 36.6 Å². The van der Waals surface area contributed by atoms with E-state index in [1.54, 1.807) is 7.05 Å². The summed E-state index contributed by atoms with van der Waals surface area (Å²) in [6, 6.07) is 0. The molecule has 1 fully saturated rings. The number of hydrogen-bond donors (Lipinski definition) is 2. The van der Waals surface area contributed by atoms with Crippen LogP contribution in [-0.2, 0) is 4.79 Å². The SMILES string of the molecule is CNC(=O)CCCNCC1(N(C)C)CCCC(C)C1. The number of carbonyl (C=O) groups is 1. The fraction of sp³-hybridized carbons (Fsp3) is 0.933. The van der Waals surface area contributed by atoms with Crippen LogP contribution in [0.15, 0.2) is 0 Å². The van der Waals surface area contributed by atoms with Gasteiger partial charge in [-0.15, -0.1) is 0 Å². The molecule has 0 aromatic heterocycles. The smallest absolute Gasteiger partial charge is 0.219 e. The van der Waals surface area contributed by atoms with Crippen LogP contribution >= 0.6 is 0 Å². The van der Waals surface area contributed by atoms with Crippen LogP contribution in [-0.4, -0.2) is 50.6 Å². The van der Waals surface area contributed by atoms with Gasteiger partial charge in [-0.3, -0.25) is 4.79 Å². The van der Waals surface area contributed by atoms with Gasteiger partial charge in [0.15, 0.2) is 0 Å². The van der Waals surface area contributed by atoms with Crippen molar-refractivity contribution in [2.75, 3.05) is 34.2 Å². The fourth-order valence-corrected chi connectivity index (χ4v) is 3.18. The van der Waals surface area contributed by atoms with E-state index in [-0.39, 0.29) is 5.91 Å². The predicted molar refractivity (Wildman–Crippen MR) is 80.2 cm³/mol. The van der Waals surface area contributed by atoms with Gasteiger partial charge < -0.3 is 15.5 Å². The average molecular weight is 269 g/mol. The van der Waals surface area contributed by atoms with Crippen LogP contribution in [0.25, 0.3) is 0 Å². The molecule has 2 N–H and O–H groups in total. The Bertz CT molecular complexity index is 281. The van der Waals surface area contributed by atoms with E-state index in [0.29, 0.717) is 12.0 Å². The molecule has 0 aromatic rings. The van der Waals surface area contributed by atoms with E-state index in [1.807, 2.05) is 0 Å². The molecule has 19 heavy (non-hydrogen) atoms. The fourth-order valence-electron chi connectivity index (χ4n) is 3.18. The van der Waals surface area contributed by atoms with Crippen LogP contribution in [0.5, 0.6) is 0 Å². The van der Waals surface area contributed by atoms with Crippen molar-refractivity contribution in [3.8, 4) is 0 Å². The van der Waals surface area contributed by atoms with Crippen molar-refractivity contribution in [1.82, 2.24) is 15.5 Å². The number of carbonyl (C=O) groups excluding carboxylic acids is 1. The van der Waals surface area contributed by atoms with E-state index in [9.17, 15) is 4.79 Å². The highest BCUT2D eigenvalue weighted by atomic mass is 16.1. The molecule has 1 aliphatic carbocycles. The monoisotopic (exact) mass is 269 g/mol. The normalized spacial score (nSPS) is 27.5. The third-order valence-corrected chi connectivity index (χ3v) is 4.51. The quantitative estimate of drug-likeness (QED) is 0.690. The predicted octanol–water partition coefficient (Wildman–Crippen LogP) is 1.61. The molecule has 0 aromatic carbocycles. The number of nitrogens with zero attached hydrogens (tertiary/aromatic N) is 1. The summed E-state index contributed by atoms with van der Waals surface area (Å²) in [5.41, 5.74) is 0.310. The molecule has 4 heteroatoms. The average Bonchev–Trinajstić information content (AvgIpc) is 2.37. The van der Waals surface area contributed by atoms with Crippen LogP contribution < -0.4 is 10.6 Å². The summed E-state index contributed by atoms with van der Waals surface area (Å²) in [6.07, 6.45) is 6.80. The number of nitrogens with one attached hydrogen (secondary N) is 2. The van der Waals surface area contributed by atoms with Gasteiger partial charge in [0.05, 0.1) is 0 Å². The van der Waals surface area contributed by atoms with Gasteiger partial charge in [-0.2, -0.15) is 0 Å². The van der Waals surface area contributed by atoms with Gasteiger partial charge in [0.1, 0.15) is 0 Å². The van der Waals surface area contributed by atoms with Gasteiger partial charge in [0.2, 0.25) is 5.91 Å². The zero-order valence-electron chi connectivity index (χ0n) is 13.1. The lowest BCUT2D eigenvalue weighted by Gasteiger charge is -2.45. The standard InChI is InChI=1S/C15H31N3O/c1-13-7-5-9-15(11-13,18(3)4)12-17-10-6-8-14(19)16-2/h13,17H,5-12H2,1-4H3,(H,16,19). The highest BCUT2D eigenvalue weighted by molar-refractivity contribution is 5.75. The molecule has 4 nitrogen and oxygen atoms in total. The minimum absolute atomic E-state index is 0.135. The Morgan fingerprint density at radius 1 is 1.42 bits per heavy atom. The molecule has 112 valence electrons. The molecule has 0 saturated heterocycles. The maximum Gasteiger partial charge on any atom is 0.219 e. The maximum absolute atomic E-state index is 11.1. The van der Waals surface area contributed by atoms with Crippen LogP contribution in [0.2, 0.25) is 0 Å². The molecule has 0 heterocycles. The zero-order valence-corrected chi connectivity index (χ0v) is 13.1. The van der Waals surface area contributed by atoms with Crippen LogP contribution in [0.3, 0.4) is 0 Å². The van der Waals surface area contributed by atoms with Crippen molar-refractivity contribution in [3.05, 3.63) is 0 Å². The van der Waals surface area contributed by atoms with Gasteiger partial charge in [-0.25, -0.2) is 0 Å².